The van der Waals surface area contributed by atoms with Crippen molar-refractivity contribution in [2.45, 2.75) is 6.54 Å². The molecule has 0 aliphatic carbocycles. The summed E-state index contributed by atoms with van der Waals surface area (Å²) in [5.74, 6) is -0.254. The highest BCUT2D eigenvalue weighted by Crippen LogP contribution is 2.28. The Morgan fingerprint density at radius 3 is 2.68 bits per heavy atom. The minimum Gasteiger partial charge on any atom is -0.353 e. The Morgan fingerprint density at radius 1 is 1.08 bits per heavy atom. The van der Waals surface area contributed by atoms with Crippen molar-refractivity contribution in [3.8, 4) is 0 Å². The van der Waals surface area contributed by atoms with Crippen molar-refractivity contribution in [1.29, 1.82) is 0 Å². The lowest BCUT2D eigenvalue weighted by Crippen LogP contribution is -2.23. The van der Waals surface area contributed by atoms with Crippen molar-refractivity contribution in [1.82, 2.24) is 15.3 Å². The van der Waals surface area contributed by atoms with Gasteiger partial charge in [0, 0.05) is 24.0 Å². The first kappa shape index (κ1) is 17.2. The molecule has 126 valence electrons. The number of halogens is 2. The maximum atomic E-state index is 12.1. The smallest absolute Gasteiger partial charge is 0.270 e. The number of nitrogens with one attached hydrogen (secondary N) is 2. The zero-order valence-corrected chi connectivity index (χ0v) is 14.6. The molecule has 25 heavy (non-hydrogen) atoms. The van der Waals surface area contributed by atoms with Crippen molar-refractivity contribution >= 4 is 40.5 Å². The molecule has 3 aromatic rings. The van der Waals surface area contributed by atoms with Gasteiger partial charge in [0.1, 0.15) is 5.69 Å². The van der Waals surface area contributed by atoms with Gasteiger partial charge < -0.3 is 10.6 Å². The van der Waals surface area contributed by atoms with Gasteiger partial charge >= 0.3 is 0 Å². The number of carbonyl (C=O) groups is 1. The van der Waals surface area contributed by atoms with Crippen LogP contribution in [0.3, 0.4) is 0 Å². The zero-order valence-electron chi connectivity index (χ0n) is 13.0. The van der Waals surface area contributed by atoms with E-state index in [1.165, 1.54) is 0 Å². The van der Waals surface area contributed by atoms with Gasteiger partial charge in [0.25, 0.3) is 5.91 Å². The van der Waals surface area contributed by atoms with E-state index in [-0.39, 0.29) is 5.91 Å². The number of pyridine rings is 2. The molecule has 0 fully saturated rings. The quantitative estimate of drug-likeness (QED) is 0.693. The summed E-state index contributed by atoms with van der Waals surface area (Å²) in [6.07, 6.45) is 4.95. The van der Waals surface area contributed by atoms with Crippen LogP contribution in [0.15, 0.2) is 61.1 Å². The summed E-state index contributed by atoms with van der Waals surface area (Å²) in [7, 11) is 0. The van der Waals surface area contributed by atoms with E-state index in [0.717, 1.165) is 5.56 Å². The molecule has 2 N–H and O–H groups in total. The monoisotopic (exact) mass is 372 g/mol. The van der Waals surface area contributed by atoms with E-state index in [2.05, 4.69) is 20.6 Å². The van der Waals surface area contributed by atoms with Crippen molar-refractivity contribution in [3.05, 3.63) is 82.4 Å². The Balaban J connectivity index is 1.63. The number of nitrogens with zero attached hydrogens (tertiary/aromatic N) is 2. The number of anilines is 2. The third-order valence-corrected chi connectivity index (χ3v) is 3.94. The maximum absolute atomic E-state index is 12.1. The van der Waals surface area contributed by atoms with Crippen molar-refractivity contribution in [2.75, 3.05) is 5.32 Å². The van der Waals surface area contributed by atoms with E-state index in [0.29, 0.717) is 33.7 Å². The summed E-state index contributed by atoms with van der Waals surface area (Å²) in [5, 5.41) is 7.04. The van der Waals surface area contributed by atoms with E-state index in [1.807, 2.05) is 12.1 Å². The van der Waals surface area contributed by atoms with E-state index in [1.54, 1.807) is 48.9 Å². The molecule has 5 nitrogen and oxygen atoms in total. The van der Waals surface area contributed by atoms with Crippen LogP contribution < -0.4 is 10.6 Å². The minimum absolute atomic E-state index is 0.254. The summed E-state index contributed by atoms with van der Waals surface area (Å²) >= 11 is 12.1. The summed E-state index contributed by atoms with van der Waals surface area (Å²) in [4.78, 5) is 20.3. The topological polar surface area (TPSA) is 66.9 Å². The van der Waals surface area contributed by atoms with Crippen molar-refractivity contribution in [2.24, 2.45) is 0 Å². The van der Waals surface area contributed by atoms with Gasteiger partial charge in [0.15, 0.2) is 0 Å². The van der Waals surface area contributed by atoms with Gasteiger partial charge in [-0.1, -0.05) is 29.3 Å². The van der Waals surface area contributed by atoms with Crippen LogP contribution in [0, 0.1) is 0 Å². The number of hydrogen-bond acceptors (Lipinski definition) is 4. The molecule has 0 aliphatic rings. The summed E-state index contributed by atoms with van der Waals surface area (Å²) < 4.78 is 0. The average Bonchev–Trinajstić information content (AvgIpc) is 2.64. The number of carbonyl (C=O) groups excluding carboxylic acids is 1. The van der Waals surface area contributed by atoms with E-state index in [9.17, 15) is 4.79 Å². The second-order valence-corrected chi connectivity index (χ2v) is 6.07. The molecule has 7 heteroatoms. The Hall–Kier alpha value is -2.63. The Bertz CT molecular complexity index is 870. The fraction of sp³-hybridized carbons (Fsp3) is 0.0556. The SMILES string of the molecule is O=C(NCc1cccnc1)c1ccc(Nc2cc(Cl)ccc2Cl)cn1. The Morgan fingerprint density at radius 2 is 1.96 bits per heavy atom. The second-order valence-electron chi connectivity index (χ2n) is 5.23. The highest BCUT2D eigenvalue weighted by molar-refractivity contribution is 6.35. The molecule has 0 bridgehead atoms. The second kappa shape index (κ2) is 7.96. The largest absolute Gasteiger partial charge is 0.353 e. The predicted octanol–water partition coefficient (Wildman–Crippen LogP) is 4.46. The van der Waals surface area contributed by atoms with Crippen LogP contribution >= 0.6 is 23.2 Å². The fourth-order valence-electron chi connectivity index (χ4n) is 2.13. The molecule has 0 unspecified atom stereocenters. The molecule has 3 rings (SSSR count). The average molecular weight is 373 g/mol. The van der Waals surface area contributed by atoms with Crippen molar-refractivity contribution < 1.29 is 4.79 Å². The highest BCUT2D eigenvalue weighted by Gasteiger charge is 2.08. The molecule has 1 aromatic carbocycles. The fourth-order valence-corrected chi connectivity index (χ4v) is 2.46. The number of aromatic nitrogens is 2. The standard InChI is InChI=1S/C18H14Cl2N4O/c19-13-3-5-15(20)17(8-13)24-14-4-6-16(22-11-14)18(25)23-10-12-2-1-7-21-9-12/h1-9,11,24H,10H2,(H,23,25). The van der Waals surface area contributed by atoms with Crippen LogP contribution in [-0.2, 0) is 6.54 Å². The van der Waals surface area contributed by atoms with Gasteiger partial charge in [-0.15, -0.1) is 0 Å². The normalized spacial score (nSPS) is 10.3. The third kappa shape index (κ3) is 4.68. The molecule has 1 amide bonds. The molecule has 2 heterocycles. The lowest BCUT2D eigenvalue weighted by atomic mass is 10.2. The molecule has 0 spiro atoms. The molecule has 0 aliphatic heterocycles. The van der Waals surface area contributed by atoms with Gasteiger partial charge in [0.2, 0.25) is 0 Å². The first-order chi connectivity index (χ1) is 12.1. The first-order valence-electron chi connectivity index (χ1n) is 7.47. The maximum Gasteiger partial charge on any atom is 0.270 e. The summed E-state index contributed by atoms with van der Waals surface area (Å²) in [5.41, 5.74) is 2.62. The molecule has 0 saturated heterocycles. The number of amides is 1. The Labute approximate surface area is 155 Å². The van der Waals surface area contributed by atoms with E-state index in [4.69, 9.17) is 23.2 Å². The summed E-state index contributed by atoms with van der Waals surface area (Å²) in [6.45, 7) is 0.395. The van der Waals surface area contributed by atoms with Crippen LogP contribution in [-0.4, -0.2) is 15.9 Å². The number of hydrogen-bond donors (Lipinski definition) is 2. The van der Waals surface area contributed by atoms with Crippen LogP contribution in [0.2, 0.25) is 10.0 Å². The molecular weight excluding hydrogens is 359 g/mol. The van der Waals surface area contributed by atoms with Gasteiger partial charge in [-0.05, 0) is 42.0 Å². The third-order valence-electron chi connectivity index (χ3n) is 3.38. The predicted molar refractivity (Wildman–Crippen MR) is 99.4 cm³/mol. The summed E-state index contributed by atoms with van der Waals surface area (Å²) in [6, 6.07) is 12.2. The van der Waals surface area contributed by atoms with Crippen molar-refractivity contribution in [3.63, 3.8) is 0 Å². The molecule has 0 saturated carbocycles. The van der Waals surface area contributed by atoms with Gasteiger partial charge in [0.05, 0.1) is 22.6 Å². The molecule has 0 atom stereocenters. The van der Waals surface area contributed by atoms with E-state index < -0.39 is 0 Å². The lowest BCUT2D eigenvalue weighted by molar-refractivity contribution is 0.0946. The lowest BCUT2D eigenvalue weighted by Gasteiger charge is -2.09. The van der Waals surface area contributed by atoms with Gasteiger partial charge in [-0.25, -0.2) is 4.98 Å². The van der Waals surface area contributed by atoms with E-state index >= 15 is 0 Å². The van der Waals surface area contributed by atoms with Crippen LogP contribution in [0.4, 0.5) is 11.4 Å². The van der Waals surface area contributed by atoms with Crippen LogP contribution in [0.5, 0.6) is 0 Å². The van der Waals surface area contributed by atoms with Gasteiger partial charge in [-0.2, -0.15) is 0 Å². The Kier molecular flexibility index (Phi) is 5.48. The highest BCUT2D eigenvalue weighted by atomic mass is 35.5. The minimum atomic E-state index is -0.254. The zero-order chi connectivity index (χ0) is 17.6. The first-order valence-corrected chi connectivity index (χ1v) is 8.22. The van der Waals surface area contributed by atoms with Crippen LogP contribution in [0.25, 0.3) is 0 Å². The van der Waals surface area contributed by atoms with Gasteiger partial charge in [-0.3, -0.25) is 9.78 Å². The molecule has 0 radical (unpaired) electrons. The number of rotatable bonds is 5. The molecule has 2 aromatic heterocycles. The molecular formula is C18H14Cl2N4O. The number of benzene rings is 1. The van der Waals surface area contributed by atoms with Crippen LogP contribution in [0.1, 0.15) is 16.1 Å².